The van der Waals surface area contributed by atoms with Gasteiger partial charge in [-0.3, -0.25) is 15.2 Å². The molecule has 0 aliphatic rings. The first kappa shape index (κ1) is 12.5. The van der Waals surface area contributed by atoms with E-state index < -0.39 is 14.0 Å². The lowest BCUT2D eigenvalue weighted by atomic mass is 10.1. The van der Waals surface area contributed by atoms with Crippen LogP contribution in [-0.4, -0.2) is 23.5 Å². The number of H-pyrrole nitrogens is 1. The third kappa shape index (κ3) is 2.34. The summed E-state index contributed by atoms with van der Waals surface area (Å²) in [5.74, 6) is 0. The molecule has 0 amide bonds. The van der Waals surface area contributed by atoms with Crippen molar-refractivity contribution in [1.82, 2.24) is 10.2 Å². The van der Waals surface area contributed by atoms with E-state index in [4.69, 9.17) is 10.7 Å². The Bertz CT molecular complexity index is 693. The molecule has 0 unspecified atom stereocenters. The van der Waals surface area contributed by atoms with E-state index >= 15 is 0 Å². The number of non-ortho nitro benzene ring substituents is 1. The van der Waals surface area contributed by atoms with Gasteiger partial charge < -0.3 is 0 Å². The molecule has 2 aromatic rings. The summed E-state index contributed by atoms with van der Waals surface area (Å²) in [4.78, 5) is 9.78. The van der Waals surface area contributed by atoms with E-state index in [0.29, 0.717) is 5.56 Å². The quantitative estimate of drug-likeness (QED) is 0.527. The van der Waals surface area contributed by atoms with Crippen molar-refractivity contribution >= 4 is 25.4 Å². The highest BCUT2D eigenvalue weighted by Gasteiger charge is 2.19. The van der Waals surface area contributed by atoms with E-state index in [2.05, 4.69) is 10.2 Å². The van der Waals surface area contributed by atoms with E-state index in [1.807, 2.05) is 0 Å². The van der Waals surface area contributed by atoms with Gasteiger partial charge in [0.05, 0.1) is 16.8 Å². The van der Waals surface area contributed by atoms with Gasteiger partial charge in [-0.05, 0) is 12.1 Å². The molecule has 0 radical (unpaired) electrons. The molecule has 9 heteroatoms. The molecule has 7 nitrogen and oxygen atoms in total. The van der Waals surface area contributed by atoms with Gasteiger partial charge in [0.25, 0.3) is 14.7 Å². The van der Waals surface area contributed by atoms with Crippen molar-refractivity contribution in [2.45, 2.75) is 4.90 Å². The van der Waals surface area contributed by atoms with Crippen LogP contribution in [-0.2, 0) is 9.05 Å². The zero-order chi connectivity index (χ0) is 13.3. The Labute approximate surface area is 106 Å². The number of nitrogens with one attached hydrogen (secondary N) is 1. The van der Waals surface area contributed by atoms with Crippen LogP contribution in [0.4, 0.5) is 5.69 Å². The van der Waals surface area contributed by atoms with Gasteiger partial charge in [0.1, 0.15) is 4.90 Å². The molecule has 2 rings (SSSR count). The lowest BCUT2D eigenvalue weighted by Gasteiger charge is -2.00. The molecule has 0 aliphatic heterocycles. The number of aromatic nitrogens is 2. The predicted octanol–water partition coefficient (Wildman–Crippen LogP) is 1.91. The van der Waals surface area contributed by atoms with Gasteiger partial charge in [0, 0.05) is 28.4 Å². The first-order valence-electron chi connectivity index (χ1n) is 4.62. The molecule has 1 aromatic carbocycles. The topological polar surface area (TPSA) is 106 Å². The first-order valence-corrected chi connectivity index (χ1v) is 6.93. The summed E-state index contributed by atoms with van der Waals surface area (Å²) in [7, 11) is 1.32. The summed E-state index contributed by atoms with van der Waals surface area (Å²) in [6, 6.07) is 5.36. The summed E-state index contributed by atoms with van der Waals surface area (Å²) in [5.41, 5.74) is 0.547. The summed E-state index contributed by atoms with van der Waals surface area (Å²) >= 11 is 0. The number of nitro groups is 1. The molecule has 1 aromatic heterocycles. The van der Waals surface area contributed by atoms with Gasteiger partial charge in [-0.15, -0.1) is 0 Å². The second kappa shape index (κ2) is 4.39. The van der Waals surface area contributed by atoms with Crippen LogP contribution >= 0.6 is 10.7 Å². The first-order chi connectivity index (χ1) is 8.39. The van der Waals surface area contributed by atoms with Crippen LogP contribution < -0.4 is 0 Å². The SMILES string of the molecule is O=[N+]([O-])c1ccc(-c2[nH]ncc2S(=O)(=O)Cl)cc1. The highest BCUT2D eigenvalue weighted by molar-refractivity contribution is 8.13. The highest BCUT2D eigenvalue weighted by atomic mass is 35.7. The van der Waals surface area contributed by atoms with Gasteiger partial charge in [-0.2, -0.15) is 5.10 Å². The maximum atomic E-state index is 11.3. The standard InChI is InChI=1S/C9H6ClN3O4S/c10-18(16,17)8-5-11-12-9(8)6-1-3-7(4-2-6)13(14)15/h1-5H,(H,11,12). The molecule has 0 saturated carbocycles. The Morgan fingerprint density at radius 3 is 2.39 bits per heavy atom. The predicted molar refractivity (Wildman–Crippen MR) is 63.7 cm³/mol. The van der Waals surface area contributed by atoms with E-state index in [1.54, 1.807) is 0 Å². The number of hydrogen-bond donors (Lipinski definition) is 1. The number of aromatic amines is 1. The number of nitrogens with zero attached hydrogens (tertiary/aromatic N) is 2. The summed E-state index contributed by atoms with van der Waals surface area (Å²) in [6.45, 7) is 0. The fraction of sp³-hybridized carbons (Fsp3) is 0. The Balaban J connectivity index is 2.50. The molecule has 94 valence electrons. The van der Waals surface area contributed by atoms with Crippen molar-refractivity contribution in [3.8, 4) is 11.3 Å². The van der Waals surface area contributed by atoms with Crippen molar-refractivity contribution in [3.63, 3.8) is 0 Å². The number of benzene rings is 1. The molecule has 0 saturated heterocycles. The average molecular weight is 288 g/mol. The Kier molecular flexibility index (Phi) is 3.05. The fourth-order valence-electron chi connectivity index (χ4n) is 1.42. The fourth-order valence-corrected chi connectivity index (χ4v) is 2.35. The monoisotopic (exact) mass is 287 g/mol. The molecular formula is C9H6ClN3O4S. The third-order valence-electron chi connectivity index (χ3n) is 2.23. The lowest BCUT2D eigenvalue weighted by molar-refractivity contribution is -0.384. The molecule has 0 aliphatic carbocycles. The van der Waals surface area contributed by atoms with E-state index in [1.165, 1.54) is 24.3 Å². The summed E-state index contributed by atoms with van der Waals surface area (Å²) in [5, 5.41) is 16.6. The zero-order valence-corrected chi connectivity index (χ0v) is 10.3. The molecule has 18 heavy (non-hydrogen) atoms. The third-order valence-corrected chi connectivity index (χ3v) is 3.57. The normalized spacial score (nSPS) is 11.4. The van der Waals surface area contributed by atoms with E-state index in [9.17, 15) is 18.5 Å². The molecule has 1 heterocycles. The van der Waals surface area contributed by atoms with Crippen LogP contribution in [0.15, 0.2) is 35.4 Å². The maximum Gasteiger partial charge on any atom is 0.269 e. The van der Waals surface area contributed by atoms with Gasteiger partial charge in [-0.1, -0.05) is 0 Å². The average Bonchev–Trinajstić information content (AvgIpc) is 2.77. The number of hydrogen-bond acceptors (Lipinski definition) is 5. The molecule has 1 N–H and O–H groups in total. The molecule has 0 bridgehead atoms. The minimum absolute atomic E-state index is 0.0893. The molecular weight excluding hydrogens is 282 g/mol. The number of halogens is 1. The van der Waals surface area contributed by atoms with Crippen LogP contribution in [0.1, 0.15) is 0 Å². The number of nitro benzene ring substituents is 1. The van der Waals surface area contributed by atoms with Crippen molar-refractivity contribution in [2.24, 2.45) is 0 Å². The molecule has 0 fully saturated rings. The van der Waals surface area contributed by atoms with Crippen LogP contribution in [0.3, 0.4) is 0 Å². The van der Waals surface area contributed by atoms with Crippen molar-refractivity contribution in [2.75, 3.05) is 0 Å². The van der Waals surface area contributed by atoms with Crippen molar-refractivity contribution in [3.05, 3.63) is 40.6 Å². The number of rotatable bonds is 3. The zero-order valence-electron chi connectivity index (χ0n) is 8.70. The minimum atomic E-state index is -3.92. The molecule has 0 atom stereocenters. The largest absolute Gasteiger partial charge is 0.276 e. The van der Waals surface area contributed by atoms with Crippen LogP contribution in [0.5, 0.6) is 0 Å². The van der Waals surface area contributed by atoms with Crippen molar-refractivity contribution < 1.29 is 13.3 Å². The minimum Gasteiger partial charge on any atom is -0.276 e. The Morgan fingerprint density at radius 1 is 1.28 bits per heavy atom. The van der Waals surface area contributed by atoms with Crippen LogP contribution in [0, 0.1) is 10.1 Å². The molecule has 0 spiro atoms. The van der Waals surface area contributed by atoms with Gasteiger partial charge in [-0.25, -0.2) is 8.42 Å². The van der Waals surface area contributed by atoms with Gasteiger partial charge in [0.2, 0.25) is 0 Å². The van der Waals surface area contributed by atoms with Crippen LogP contribution in [0.25, 0.3) is 11.3 Å². The highest BCUT2D eigenvalue weighted by Crippen LogP contribution is 2.28. The second-order valence-electron chi connectivity index (χ2n) is 3.35. The second-order valence-corrected chi connectivity index (χ2v) is 5.89. The lowest BCUT2D eigenvalue weighted by Crippen LogP contribution is -1.92. The van der Waals surface area contributed by atoms with Gasteiger partial charge >= 0.3 is 0 Å². The van der Waals surface area contributed by atoms with Crippen molar-refractivity contribution in [1.29, 1.82) is 0 Å². The summed E-state index contributed by atoms with van der Waals surface area (Å²) < 4.78 is 22.5. The maximum absolute atomic E-state index is 11.3. The van der Waals surface area contributed by atoms with Crippen LogP contribution in [0.2, 0.25) is 0 Å². The van der Waals surface area contributed by atoms with E-state index in [0.717, 1.165) is 6.20 Å². The summed E-state index contributed by atoms with van der Waals surface area (Å²) in [6.07, 6.45) is 1.08. The Hall–Kier alpha value is -1.93. The Morgan fingerprint density at radius 2 is 1.89 bits per heavy atom. The van der Waals surface area contributed by atoms with E-state index in [-0.39, 0.29) is 16.3 Å². The smallest absolute Gasteiger partial charge is 0.269 e. The van der Waals surface area contributed by atoms with Gasteiger partial charge in [0.15, 0.2) is 0 Å².